The third-order valence-corrected chi connectivity index (χ3v) is 9.02. The number of aromatic nitrogens is 2. The largest absolute Gasteiger partial charge is 0.486 e. The lowest BCUT2D eigenvalue weighted by Gasteiger charge is -2.24. The van der Waals surface area contributed by atoms with Crippen LogP contribution in [0.15, 0.2) is 36.7 Å². The molecule has 0 bridgehead atoms. The molecule has 0 spiro atoms. The predicted molar refractivity (Wildman–Crippen MR) is 147 cm³/mol. The van der Waals surface area contributed by atoms with Gasteiger partial charge in [-0.1, -0.05) is 13.8 Å². The second-order valence-electron chi connectivity index (χ2n) is 10.4. The molecule has 2 amide bonds. The van der Waals surface area contributed by atoms with Gasteiger partial charge in [-0.2, -0.15) is 0 Å². The highest BCUT2D eigenvalue weighted by Crippen LogP contribution is 2.68. The van der Waals surface area contributed by atoms with E-state index in [0.717, 1.165) is 6.42 Å². The van der Waals surface area contributed by atoms with Gasteiger partial charge < -0.3 is 20.3 Å². The maximum atomic E-state index is 13.1. The Morgan fingerprint density at radius 1 is 1.21 bits per heavy atom. The molecule has 4 rings (SSSR count). The van der Waals surface area contributed by atoms with E-state index >= 15 is 0 Å². The summed E-state index contributed by atoms with van der Waals surface area (Å²) in [7, 11) is 0. The lowest BCUT2D eigenvalue weighted by Crippen LogP contribution is -2.48. The molecule has 2 heterocycles. The van der Waals surface area contributed by atoms with E-state index in [0.29, 0.717) is 42.3 Å². The lowest BCUT2D eigenvalue weighted by molar-refractivity contribution is -0.137. The highest BCUT2D eigenvalue weighted by atomic mass is 35.5. The van der Waals surface area contributed by atoms with E-state index < -0.39 is 10.4 Å². The number of nitrogens with one attached hydrogen (secondary N) is 2. The van der Waals surface area contributed by atoms with Crippen LogP contribution in [0.1, 0.15) is 45.0 Å². The number of likely N-dealkylation sites (tertiary alicyclic amines) is 1. The number of carbonyl (C=O) groups excluding carboxylic acids is 3. The first kappa shape index (κ1) is 28.8. The van der Waals surface area contributed by atoms with Gasteiger partial charge in [0.25, 0.3) is 0 Å². The van der Waals surface area contributed by atoms with Crippen LogP contribution in [0.5, 0.6) is 5.75 Å². The zero-order chi connectivity index (χ0) is 28.4. The number of amides is 2. The van der Waals surface area contributed by atoms with Crippen molar-refractivity contribution in [2.75, 3.05) is 25.0 Å². The summed E-state index contributed by atoms with van der Waals surface area (Å²) in [6.07, 6.45) is 4.54. The molecule has 2 fully saturated rings. The molecular formula is C27H33Cl2N6O4+. The van der Waals surface area contributed by atoms with Gasteiger partial charge in [0.05, 0.1) is 12.1 Å². The molecule has 2 aromatic rings. The summed E-state index contributed by atoms with van der Waals surface area (Å²) in [5.74, 6) is 0.138. The molecule has 39 heavy (non-hydrogen) atoms. The predicted octanol–water partition coefficient (Wildman–Crippen LogP) is 1.54. The number of rotatable bonds is 11. The minimum absolute atomic E-state index is 0.0300. The lowest BCUT2D eigenvalue weighted by atomic mass is 10.0. The summed E-state index contributed by atoms with van der Waals surface area (Å²) in [5, 5.41) is 12.1. The van der Waals surface area contributed by atoms with E-state index in [-0.39, 0.29) is 47.8 Å². The Kier molecular flexibility index (Phi) is 8.46. The summed E-state index contributed by atoms with van der Waals surface area (Å²) in [6.45, 7) is 6.17. The van der Waals surface area contributed by atoms with Gasteiger partial charge in [-0.3, -0.25) is 19.8 Å². The first-order valence-electron chi connectivity index (χ1n) is 12.8. The minimum atomic E-state index is -0.873. The Morgan fingerprint density at radius 3 is 2.54 bits per heavy atom. The molecular weight excluding hydrogens is 543 g/mol. The van der Waals surface area contributed by atoms with Crippen LogP contribution in [0.25, 0.3) is 0 Å². The monoisotopic (exact) mass is 575 g/mol. The molecule has 10 nitrogen and oxygen atoms in total. The van der Waals surface area contributed by atoms with Crippen molar-refractivity contribution in [3.05, 3.63) is 48.0 Å². The quantitative estimate of drug-likeness (QED) is 0.273. The maximum absolute atomic E-state index is 13.1. The molecule has 208 valence electrons. The van der Waals surface area contributed by atoms with Gasteiger partial charge in [-0.25, -0.2) is 9.97 Å². The molecule has 4 N–H and O–H groups in total. The van der Waals surface area contributed by atoms with E-state index in [1.165, 1.54) is 6.92 Å². The molecule has 0 radical (unpaired) electrons. The van der Waals surface area contributed by atoms with Crippen molar-refractivity contribution in [1.82, 2.24) is 20.2 Å². The molecule has 1 aliphatic heterocycles. The number of hydrogen-bond acceptors (Lipinski definition) is 7. The zero-order valence-corrected chi connectivity index (χ0v) is 23.7. The Hall–Kier alpha value is -3.24. The fraction of sp³-hybridized carbons (Fsp3) is 0.481. The van der Waals surface area contributed by atoms with Crippen molar-refractivity contribution < 1.29 is 24.5 Å². The molecule has 1 saturated heterocycles. The van der Waals surface area contributed by atoms with Gasteiger partial charge in [0, 0.05) is 49.4 Å². The Labute approximate surface area is 237 Å². The van der Waals surface area contributed by atoms with Crippen molar-refractivity contribution in [2.45, 2.75) is 50.6 Å². The highest BCUT2D eigenvalue weighted by Gasteiger charge is 2.69. The molecule has 1 saturated carbocycles. The van der Waals surface area contributed by atoms with E-state index in [4.69, 9.17) is 33.3 Å². The number of alkyl halides is 2. The highest BCUT2D eigenvalue weighted by molar-refractivity contribution is 6.51. The molecule has 1 aromatic heterocycles. The fourth-order valence-electron chi connectivity index (χ4n) is 4.80. The maximum Gasteiger partial charge on any atom is 0.249 e. The van der Waals surface area contributed by atoms with Gasteiger partial charge in [-0.05, 0) is 37.1 Å². The number of ketones is 1. The SMILES string of the molecule is CC(=O)C(=[NH2+])c1cc(OCc2ncccn2)ccc1NCC(=O)N1CCC[C@H]1C(=O)NC[C@@H]1C(C)(C)C1(Cl)Cl. The number of carbonyl (C=O) groups is 3. The van der Waals surface area contributed by atoms with Crippen LogP contribution in [0.3, 0.4) is 0 Å². The second-order valence-corrected chi connectivity index (χ2v) is 11.8. The standard InChI is InChI=1S/C27H32Cl2N6O4/c1-16(36)24(30)18-12-17(39-15-22-31-9-5-10-32-22)7-8-19(18)33-14-23(37)35-11-4-6-20(35)25(38)34-13-21-26(2,3)27(21,28)29/h5,7-10,12,20-21,30,33H,4,6,11,13-15H2,1-3H3,(H,34,38)/p+1/t20-,21+/m0/s1. The molecule has 1 aromatic carbocycles. The number of ether oxygens (including phenoxy) is 1. The third kappa shape index (κ3) is 6.17. The van der Waals surface area contributed by atoms with Gasteiger partial charge in [0.2, 0.25) is 23.3 Å². The first-order chi connectivity index (χ1) is 18.4. The summed E-state index contributed by atoms with van der Waals surface area (Å²) in [6, 6.07) is 6.17. The summed E-state index contributed by atoms with van der Waals surface area (Å²) >= 11 is 12.7. The van der Waals surface area contributed by atoms with E-state index in [1.54, 1.807) is 41.6 Å². The third-order valence-electron chi connectivity index (χ3n) is 7.52. The van der Waals surface area contributed by atoms with Gasteiger partial charge in [0.1, 0.15) is 22.7 Å². The second kappa shape index (κ2) is 11.5. The molecule has 1 aliphatic carbocycles. The number of nitrogens with zero attached hydrogens (tertiary/aromatic N) is 3. The minimum Gasteiger partial charge on any atom is -0.486 e. The molecule has 2 aliphatic rings. The number of halogens is 2. The summed E-state index contributed by atoms with van der Waals surface area (Å²) in [5.41, 5.74) is 0.652. The van der Waals surface area contributed by atoms with Crippen LogP contribution in [-0.2, 0) is 21.0 Å². The Morgan fingerprint density at radius 2 is 1.90 bits per heavy atom. The van der Waals surface area contributed by atoms with E-state index in [1.807, 2.05) is 13.8 Å². The van der Waals surface area contributed by atoms with Crippen molar-refractivity contribution in [3.8, 4) is 5.75 Å². The van der Waals surface area contributed by atoms with E-state index in [9.17, 15) is 14.4 Å². The van der Waals surface area contributed by atoms with Gasteiger partial charge >= 0.3 is 0 Å². The van der Waals surface area contributed by atoms with Crippen LogP contribution in [0.2, 0.25) is 0 Å². The number of nitrogens with two attached hydrogens (primary N) is 1. The van der Waals surface area contributed by atoms with Gasteiger partial charge in [-0.15, -0.1) is 23.2 Å². The van der Waals surface area contributed by atoms with Crippen LogP contribution >= 0.6 is 23.2 Å². The number of benzene rings is 1. The first-order valence-corrected chi connectivity index (χ1v) is 13.5. The average molecular weight is 577 g/mol. The van der Waals surface area contributed by atoms with E-state index in [2.05, 4.69) is 20.6 Å². The van der Waals surface area contributed by atoms with Crippen molar-refractivity contribution in [3.63, 3.8) is 0 Å². The molecule has 2 atom stereocenters. The summed E-state index contributed by atoms with van der Waals surface area (Å²) in [4.78, 5) is 47.9. The van der Waals surface area contributed by atoms with Crippen molar-refractivity contribution in [2.24, 2.45) is 11.3 Å². The normalized spacial score (nSPS) is 20.7. The number of anilines is 1. The van der Waals surface area contributed by atoms with Crippen LogP contribution in [0.4, 0.5) is 5.69 Å². The zero-order valence-electron chi connectivity index (χ0n) is 22.2. The number of hydrogen-bond donors (Lipinski definition) is 3. The van der Waals surface area contributed by atoms with Crippen LogP contribution in [-0.4, -0.2) is 68.2 Å². The van der Waals surface area contributed by atoms with Crippen LogP contribution in [0, 0.1) is 11.3 Å². The average Bonchev–Trinajstić information content (AvgIpc) is 3.24. The topological polar surface area (TPSA) is 139 Å². The van der Waals surface area contributed by atoms with Crippen LogP contribution < -0.4 is 20.8 Å². The Balaban J connectivity index is 1.38. The molecule has 12 heteroatoms. The number of Topliss-reactive ketones (excluding diaryl/α,β-unsaturated/α-hetero) is 1. The fourth-order valence-corrected chi connectivity index (χ4v) is 5.66. The Bertz CT molecular complexity index is 1260. The van der Waals surface area contributed by atoms with Crippen molar-refractivity contribution in [1.29, 1.82) is 0 Å². The smallest absolute Gasteiger partial charge is 0.249 e. The van der Waals surface area contributed by atoms with Gasteiger partial charge in [0.15, 0.2) is 5.82 Å². The summed E-state index contributed by atoms with van der Waals surface area (Å²) < 4.78 is 4.89. The van der Waals surface area contributed by atoms with Crippen molar-refractivity contribution >= 4 is 52.2 Å². The molecule has 0 unspecified atom stereocenters.